The second-order valence-electron chi connectivity index (χ2n) is 12.6. The van der Waals surface area contributed by atoms with E-state index in [0.29, 0.717) is 38.9 Å². The number of aromatic nitrogens is 1. The van der Waals surface area contributed by atoms with E-state index in [4.69, 9.17) is 32.7 Å². The lowest BCUT2D eigenvalue weighted by molar-refractivity contribution is -0.0125. The Morgan fingerprint density at radius 1 is 0.932 bits per heavy atom. The first-order valence-corrected chi connectivity index (χ1v) is 14.9. The predicted octanol–water partition coefficient (Wildman–Crippen LogP) is 8.22. The summed E-state index contributed by atoms with van der Waals surface area (Å²) >= 11 is 12.2. The van der Waals surface area contributed by atoms with Crippen LogP contribution in [-0.2, 0) is 28.9 Å². The zero-order valence-electron chi connectivity index (χ0n) is 25.5. The fourth-order valence-corrected chi connectivity index (χ4v) is 5.15. The van der Waals surface area contributed by atoms with Crippen LogP contribution in [0.5, 0.6) is 0 Å². The van der Waals surface area contributed by atoms with Gasteiger partial charge in [-0.1, -0.05) is 23.2 Å². The highest BCUT2D eigenvalue weighted by molar-refractivity contribution is 6.42. The molecule has 4 rings (SSSR count). The van der Waals surface area contributed by atoms with E-state index < -0.39 is 29.3 Å². The van der Waals surface area contributed by atoms with Crippen molar-refractivity contribution in [3.05, 3.63) is 57.7 Å². The number of nitrogens with one attached hydrogen (secondary N) is 3. The Morgan fingerprint density at radius 2 is 1.52 bits per heavy atom. The van der Waals surface area contributed by atoms with E-state index in [2.05, 4.69) is 20.9 Å². The number of hydrogen-bond donors (Lipinski definition) is 3. The van der Waals surface area contributed by atoms with Gasteiger partial charge < -0.3 is 19.4 Å². The van der Waals surface area contributed by atoms with Gasteiger partial charge in [0.25, 0.3) is 5.92 Å². The molecule has 0 fully saturated rings. The Balaban J connectivity index is 1.62. The third kappa shape index (κ3) is 8.98. The van der Waals surface area contributed by atoms with Crippen molar-refractivity contribution in [2.75, 3.05) is 11.9 Å². The van der Waals surface area contributed by atoms with E-state index in [1.54, 1.807) is 59.7 Å². The van der Waals surface area contributed by atoms with Crippen molar-refractivity contribution >= 4 is 63.6 Å². The molecular formula is C31H37Cl2F2N5O4. The van der Waals surface area contributed by atoms with Crippen LogP contribution >= 0.6 is 23.2 Å². The third-order valence-electron chi connectivity index (χ3n) is 6.49. The molecule has 0 spiro atoms. The average Bonchev–Trinajstić information content (AvgIpc) is 3.15. The normalized spacial score (nSPS) is 14.4. The summed E-state index contributed by atoms with van der Waals surface area (Å²) < 4.78 is 41.8. The summed E-state index contributed by atoms with van der Waals surface area (Å²) in [4.78, 5) is 29.3. The first-order chi connectivity index (χ1) is 20.4. The fraction of sp³-hybridized carbons (Fsp3) is 0.452. The molecule has 3 aromatic rings. The number of hydrogen-bond acceptors (Lipinski definition) is 6. The fourth-order valence-electron chi connectivity index (χ4n) is 4.85. The molecule has 2 aromatic carbocycles. The van der Waals surface area contributed by atoms with Crippen molar-refractivity contribution < 1.29 is 27.8 Å². The summed E-state index contributed by atoms with van der Waals surface area (Å²) in [6.07, 6.45) is -2.06. The number of fused-ring (bicyclic) bond motifs is 3. The molecule has 9 nitrogen and oxygen atoms in total. The average molecular weight is 653 g/mol. The van der Waals surface area contributed by atoms with Crippen LogP contribution in [0.2, 0.25) is 10.0 Å². The number of aliphatic imine (C=N–C) groups is 1. The van der Waals surface area contributed by atoms with Crippen molar-refractivity contribution in [3.8, 4) is 0 Å². The Kier molecular flexibility index (Phi) is 9.70. The van der Waals surface area contributed by atoms with Gasteiger partial charge in [-0.25, -0.2) is 18.4 Å². The topological polar surface area (TPSA) is 106 Å². The minimum absolute atomic E-state index is 0.108. The van der Waals surface area contributed by atoms with Crippen molar-refractivity contribution in [3.63, 3.8) is 0 Å². The van der Waals surface area contributed by atoms with Crippen molar-refractivity contribution in [2.45, 2.75) is 84.5 Å². The van der Waals surface area contributed by atoms with Gasteiger partial charge in [-0.3, -0.25) is 15.6 Å². The van der Waals surface area contributed by atoms with Gasteiger partial charge >= 0.3 is 12.2 Å². The molecule has 0 unspecified atom stereocenters. The molecule has 44 heavy (non-hydrogen) atoms. The highest BCUT2D eigenvalue weighted by Gasteiger charge is 2.37. The van der Waals surface area contributed by atoms with Crippen LogP contribution in [0, 0.1) is 0 Å². The Bertz CT molecular complexity index is 1560. The molecule has 238 valence electrons. The van der Waals surface area contributed by atoms with E-state index in [9.17, 15) is 18.4 Å². The van der Waals surface area contributed by atoms with E-state index in [1.165, 1.54) is 0 Å². The maximum atomic E-state index is 14.6. The number of halogens is 4. The molecule has 0 saturated heterocycles. The van der Waals surface area contributed by atoms with Crippen LogP contribution < -0.4 is 16.0 Å². The first kappa shape index (κ1) is 33.3. The number of alkyl halides is 2. The van der Waals surface area contributed by atoms with Gasteiger partial charge in [0.1, 0.15) is 11.2 Å². The van der Waals surface area contributed by atoms with E-state index in [0.717, 1.165) is 11.2 Å². The summed E-state index contributed by atoms with van der Waals surface area (Å²) in [6.45, 7) is 10.7. The largest absolute Gasteiger partial charge is 0.444 e. The molecule has 0 saturated carbocycles. The number of benzene rings is 2. The molecule has 1 heterocycles. The summed E-state index contributed by atoms with van der Waals surface area (Å²) in [7, 11) is 0. The molecule has 0 atom stereocenters. The zero-order chi connectivity index (χ0) is 32.4. The number of carbonyl (C=O) groups excluding carboxylic acids is 2. The molecule has 0 aliphatic heterocycles. The van der Waals surface area contributed by atoms with Crippen LogP contribution in [0.15, 0.2) is 41.4 Å². The summed E-state index contributed by atoms with van der Waals surface area (Å²) in [5.41, 5.74) is 2.00. The van der Waals surface area contributed by atoms with Gasteiger partial charge in [-0.05, 0) is 89.9 Å². The summed E-state index contributed by atoms with van der Waals surface area (Å²) in [5.74, 6) is -2.97. The van der Waals surface area contributed by atoms with E-state index in [1.807, 2.05) is 22.8 Å². The third-order valence-corrected chi connectivity index (χ3v) is 7.23. The number of nitrogens with zero attached hydrogens (tertiary/aromatic N) is 2. The number of ether oxygens (including phenoxy) is 2. The highest BCUT2D eigenvalue weighted by Crippen LogP contribution is 2.40. The zero-order valence-corrected chi connectivity index (χ0v) is 27.1. The number of guanidine groups is 1. The second-order valence-corrected chi connectivity index (χ2v) is 13.4. The van der Waals surface area contributed by atoms with Crippen molar-refractivity contribution in [1.82, 2.24) is 15.2 Å². The SMILES string of the molecule is CC(C)(C)OC(=O)NC(=NCCn1c2c(c3cc(Nc4ccc(Cl)c(Cl)c4)ccc31)CC(F)(F)CC2)NC(=O)OC(C)(C)C. The van der Waals surface area contributed by atoms with E-state index in [-0.39, 0.29) is 31.8 Å². The van der Waals surface area contributed by atoms with Crippen molar-refractivity contribution in [1.29, 1.82) is 0 Å². The van der Waals surface area contributed by atoms with Gasteiger partial charge in [0.05, 0.1) is 16.6 Å². The quantitative estimate of drug-likeness (QED) is 0.190. The summed E-state index contributed by atoms with van der Waals surface area (Å²) in [5, 5.41) is 9.70. The minimum atomic E-state index is -2.82. The Morgan fingerprint density at radius 3 is 2.11 bits per heavy atom. The smallest absolute Gasteiger partial charge is 0.414 e. The van der Waals surface area contributed by atoms with Gasteiger partial charge in [-0.15, -0.1) is 0 Å². The number of rotatable bonds is 5. The number of carbonyl (C=O) groups is 2. The molecular weight excluding hydrogens is 615 g/mol. The standard InChI is InChI=1S/C31H37Cl2F2N5O4/c1-29(2,3)43-27(41)38-26(39-28(42)44-30(4,5)6)36-13-14-40-24-10-8-18(37-19-7-9-22(32)23(33)16-19)15-20(24)21-17-31(34,35)12-11-25(21)40/h7-10,15-16,37H,11-14,17H2,1-6H3,(H2,36,38,39,41,42). The lowest BCUT2D eigenvalue weighted by atomic mass is 9.92. The van der Waals surface area contributed by atoms with Crippen LogP contribution in [0.3, 0.4) is 0 Å². The van der Waals surface area contributed by atoms with E-state index >= 15 is 0 Å². The van der Waals surface area contributed by atoms with Crippen LogP contribution in [-0.4, -0.2) is 46.4 Å². The van der Waals surface area contributed by atoms with Crippen LogP contribution in [0.4, 0.5) is 29.7 Å². The van der Waals surface area contributed by atoms with Gasteiger partial charge in [0.2, 0.25) is 5.96 Å². The highest BCUT2D eigenvalue weighted by atomic mass is 35.5. The predicted molar refractivity (Wildman–Crippen MR) is 170 cm³/mol. The molecule has 13 heteroatoms. The molecule has 1 aromatic heterocycles. The molecule has 0 bridgehead atoms. The molecule has 3 N–H and O–H groups in total. The monoisotopic (exact) mass is 651 g/mol. The van der Waals surface area contributed by atoms with Crippen LogP contribution in [0.1, 0.15) is 59.2 Å². The lowest BCUT2D eigenvalue weighted by Crippen LogP contribution is -2.47. The summed E-state index contributed by atoms with van der Waals surface area (Å²) in [6, 6.07) is 10.7. The van der Waals surface area contributed by atoms with Gasteiger partial charge in [0, 0.05) is 47.4 Å². The van der Waals surface area contributed by atoms with Crippen LogP contribution in [0.25, 0.3) is 10.9 Å². The number of amides is 2. The van der Waals surface area contributed by atoms with Gasteiger partial charge in [0.15, 0.2) is 0 Å². The first-order valence-electron chi connectivity index (χ1n) is 14.2. The maximum Gasteiger partial charge on any atom is 0.414 e. The lowest BCUT2D eigenvalue weighted by Gasteiger charge is -2.23. The Hall–Kier alpha value is -3.57. The molecule has 0 radical (unpaired) electrons. The molecule has 1 aliphatic rings. The minimum Gasteiger partial charge on any atom is -0.444 e. The Labute approximate surface area is 265 Å². The van der Waals surface area contributed by atoms with Gasteiger partial charge in [-0.2, -0.15) is 0 Å². The maximum absolute atomic E-state index is 14.6. The number of anilines is 2. The number of alkyl carbamates (subject to hydrolysis) is 2. The molecule has 1 aliphatic carbocycles. The second kappa shape index (κ2) is 12.8. The molecule has 2 amide bonds. The van der Waals surface area contributed by atoms with Crippen molar-refractivity contribution in [2.24, 2.45) is 4.99 Å².